The minimum atomic E-state index is -1.33. The number of H-pyrrole nitrogens is 1. The van der Waals surface area contributed by atoms with Gasteiger partial charge >= 0.3 is 37.7 Å². The van der Waals surface area contributed by atoms with E-state index in [0.717, 1.165) is 39.4 Å². The van der Waals surface area contributed by atoms with Crippen molar-refractivity contribution in [3.63, 3.8) is 0 Å². The Balaban J connectivity index is 0.00000225. The van der Waals surface area contributed by atoms with Gasteiger partial charge in [0, 0.05) is 23.4 Å². The van der Waals surface area contributed by atoms with Crippen LogP contribution in [0.5, 0.6) is 11.5 Å². The number of nitrogens with zero attached hydrogens (tertiary/aromatic N) is 2. The average Bonchev–Trinajstić information content (AvgIpc) is 3.01. The number of imidazole rings is 1. The number of ether oxygens (including phenoxy) is 2. The third-order valence-corrected chi connectivity index (χ3v) is 5.06. The van der Waals surface area contributed by atoms with E-state index in [1.807, 2.05) is 32.0 Å². The average molecular weight is 388 g/mol. The first-order valence-electron chi connectivity index (χ1n) is 7.44. The molecule has 130 valence electrons. The first kappa shape index (κ1) is 20.2. The summed E-state index contributed by atoms with van der Waals surface area (Å²) >= 11 is 0. The van der Waals surface area contributed by atoms with Crippen LogP contribution in [-0.4, -0.2) is 71.1 Å². The zero-order chi connectivity index (χ0) is 17.3. The molecule has 25 heavy (non-hydrogen) atoms. The fourth-order valence-corrected chi connectivity index (χ4v) is 3.71. The number of nitrogens with one attached hydrogen (secondary N) is 1. The van der Waals surface area contributed by atoms with Gasteiger partial charge in [-0.25, -0.2) is 4.98 Å². The maximum absolute atomic E-state index is 12.7. The topological polar surface area (TPSA) is 77.1 Å². The molecular weight excluding hydrogens is 366 g/mol. The Bertz CT molecular complexity index is 937. The molecule has 0 radical (unpaired) electrons. The van der Waals surface area contributed by atoms with Gasteiger partial charge in [0.1, 0.15) is 11.5 Å². The molecule has 2 heterocycles. The smallest absolute Gasteiger partial charge is 1.00 e. The third-order valence-electron chi connectivity index (χ3n) is 3.90. The van der Waals surface area contributed by atoms with Crippen LogP contribution in [0.2, 0.25) is 0 Å². The second-order valence-electron chi connectivity index (χ2n) is 5.46. The molecule has 0 fully saturated rings. The molecule has 0 saturated heterocycles. The van der Waals surface area contributed by atoms with E-state index in [1.54, 1.807) is 20.4 Å². The second-order valence-corrected chi connectivity index (χ2v) is 6.83. The minimum absolute atomic E-state index is 0. The number of aryl methyl sites for hydroxylation is 1. The first-order valence-corrected chi connectivity index (χ1v) is 8.76. The molecule has 3 aromatic rings. The Morgan fingerprint density at radius 3 is 2.68 bits per heavy atom. The number of aromatic nitrogens is 3. The summed E-state index contributed by atoms with van der Waals surface area (Å²) in [5.74, 6) is 1.79. The summed E-state index contributed by atoms with van der Waals surface area (Å²) < 4.78 is 23.3. The van der Waals surface area contributed by atoms with Gasteiger partial charge in [0.15, 0.2) is 5.16 Å². The van der Waals surface area contributed by atoms with Gasteiger partial charge in [-0.1, -0.05) is 0 Å². The Hall–Kier alpha value is -1.15. The van der Waals surface area contributed by atoms with Gasteiger partial charge in [-0.05, 0) is 26.0 Å². The van der Waals surface area contributed by atoms with Crippen molar-refractivity contribution in [3.8, 4) is 11.5 Å². The summed E-state index contributed by atoms with van der Waals surface area (Å²) in [4.78, 5) is 11.9. The molecule has 2 aromatic heterocycles. The van der Waals surface area contributed by atoms with Crippen molar-refractivity contribution in [2.75, 3.05) is 14.2 Å². The summed E-state index contributed by atoms with van der Waals surface area (Å²) in [6.07, 6.45) is 1.74. The summed E-state index contributed by atoms with van der Waals surface area (Å²) in [7, 11) is 1.91. The van der Waals surface area contributed by atoms with Crippen LogP contribution < -0.4 is 9.47 Å². The standard InChI is InChI=1S/C17H19N3O3S.Ca.2H/c1-10-8-18-15(11(2)16(10)23-4)9-24(21)17-19-13-6-5-12(22-3)7-14(13)20-17;;;/h5-8H,9H2,1-4H3,(H,19,20);;;/q;+2;2*-1. The fourth-order valence-electron chi connectivity index (χ4n) is 2.61. The predicted octanol–water partition coefficient (Wildman–Crippen LogP) is 2.74. The van der Waals surface area contributed by atoms with Crippen molar-refractivity contribution >= 4 is 59.6 Å². The van der Waals surface area contributed by atoms with Crippen molar-refractivity contribution in [3.05, 3.63) is 41.2 Å². The molecular formula is C17H21CaN3O3S. The number of benzene rings is 1. The first-order chi connectivity index (χ1) is 11.5. The number of aromatic amines is 1. The van der Waals surface area contributed by atoms with Crippen molar-refractivity contribution in [2.45, 2.75) is 24.8 Å². The van der Waals surface area contributed by atoms with E-state index in [9.17, 15) is 4.21 Å². The summed E-state index contributed by atoms with van der Waals surface area (Å²) in [6, 6.07) is 5.50. The molecule has 1 atom stereocenters. The normalized spacial score (nSPS) is 11.8. The van der Waals surface area contributed by atoms with Gasteiger partial charge in [-0.15, -0.1) is 0 Å². The van der Waals surface area contributed by atoms with Gasteiger partial charge in [-0.2, -0.15) is 0 Å². The molecule has 0 aliphatic carbocycles. The van der Waals surface area contributed by atoms with Gasteiger partial charge in [0.05, 0.1) is 47.5 Å². The van der Waals surface area contributed by atoms with E-state index in [2.05, 4.69) is 15.0 Å². The zero-order valence-corrected chi connectivity index (χ0v) is 17.8. The maximum atomic E-state index is 12.7. The number of hydrogen-bond acceptors (Lipinski definition) is 5. The zero-order valence-electron chi connectivity index (χ0n) is 16.8. The van der Waals surface area contributed by atoms with E-state index in [0.29, 0.717) is 5.16 Å². The number of pyridine rings is 1. The van der Waals surface area contributed by atoms with Crippen LogP contribution in [0.15, 0.2) is 29.6 Å². The number of rotatable bonds is 5. The van der Waals surface area contributed by atoms with Crippen molar-refractivity contribution in [2.24, 2.45) is 0 Å². The van der Waals surface area contributed by atoms with Crippen molar-refractivity contribution in [1.82, 2.24) is 15.0 Å². The van der Waals surface area contributed by atoms with Crippen molar-refractivity contribution < 1.29 is 16.5 Å². The van der Waals surface area contributed by atoms with Crippen LogP contribution in [0, 0.1) is 13.8 Å². The van der Waals surface area contributed by atoms with Crippen LogP contribution in [0.1, 0.15) is 19.7 Å². The largest absolute Gasteiger partial charge is 2.00 e. The van der Waals surface area contributed by atoms with Crippen LogP contribution in [0.25, 0.3) is 11.0 Å². The molecule has 6 nitrogen and oxygen atoms in total. The molecule has 1 aromatic carbocycles. The van der Waals surface area contributed by atoms with E-state index < -0.39 is 10.8 Å². The molecule has 0 saturated carbocycles. The molecule has 0 aliphatic rings. The Morgan fingerprint density at radius 1 is 1.24 bits per heavy atom. The summed E-state index contributed by atoms with van der Waals surface area (Å²) in [6.45, 7) is 3.86. The molecule has 3 rings (SSSR count). The van der Waals surface area contributed by atoms with Crippen LogP contribution in [-0.2, 0) is 16.6 Å². The van der Waals surface area contributed by atoms with Gasteiger partial charge in [-0.3, -0.25) is 9.19 Å². The van der Waals surface area contributed by atoms with E-state index in [-0.39, 0.29) is 46.3 Å². The van der Waals surface area contributed by atoms with Crippen LogP contribution in [0.3, 0.4) is 0 Å². The molecule has 8 heteroatoms. The summed E-state index contributed by atoms with van der Waals surface area (Å²) in [5, 5.41) is 0.430. The van der Waals surface area contributed by atoms with Crippen LogP contribution in [0.4, 0.5) is 0 Å². The van der Waals surface area contributed by atoms with Gasteiger partial charge in [0.2, 0.25) is 0 Å². The minimum Gasteiger partial charge on any atom is -1.00 e. The Labute approximate surface area is 181 Å². The van der Waals surface area contributed by atoms with Gasteiger partial charge in [0.25, 0.3) is 0 Å². The van der Waals surface area contributed by atoms with E-state index in [4.69, 9.17) is 9.47 Å². The molecule has 0 spiro atoms. The van der Waals surface area contributed by atoms with E-state index in [1.165, 1.54) is 0 Å². The number of methoxy groups -OCH3 is 2. The second kappa shape index (κ2) is 8.49. The number of fused-ring (bicyclic) bond motifs is 1. The molecule has 1 N–H and O–H groups in total. The Kier molecular flexibility index (Phi) is 6.85. The third kappa shape index (κ3) is 4.16. The molecule has 0 amide bonds. The molecule has 0 aliphatic heterocycles. The number of hydrogen-bond donors (Lipinski definition) is 1. The Morgan fingerprint density at radius 2 is 2.00 bits per heavy atom. The van der Waals surface area contributed by atoms with Crippen LogP contribution >= 0.6 is 0 Å². The summed E-state index contributed by atoms with van der Waals surface area (Å²) in [5.41, 5.74) is 4.16. The predicted molar refractivity (Wildman–Crippen MR) is 101 cm³/mol. The van der Waals surface area contributed by atoms with Gasteiger partial charge < -0.3 is 17.3 Å². The molecule has 1 unspecified atom stereocenters. The monoisotopic (exact) mass is 387 g/mol. The maximum Gasteiger partial charge on any atom is 2.00 e. The molecule has 0 bridgehead atoms. The van der Waals surface area contributed by atoms with E-state index >= 15 is 0 Å². The fraction of sp³-hybridized carbons (Fsp3) is 0.294. The quantitative estimate of drug-likeness (QED) is 0.681. The SMILES string of the molecule is COc1ccc2nc(S(=O)Cc3ncc(C)c(OC)c3C)[nH]c2c1.[Ca+2].[H-].[H-]. The van der Waals surface area contributed by atoms with Crippen molar-refractivity contribution in [1.29, 1.82) is 0 Å².